The minimum atomic E-state index is -0.567. The maximum atomic E-state index is 12.9. The van der Waals surface area contributed by atoms with E-state index < -0.39 is 5.41 Å². The Morgan fingerprint density at radius 2 is 1.88 bits per heavy atom. The van der Waals surface area contributed by atoms with E-state index in [0.29, 0.717) is 45.4 Å². The summed E-state index contributed by atoms with van der Waals surface area (Å²) in [7, 11) is 0. The van der Waals surface area contributed by atoms with Crippen molar-refractivity contribution in [2.24, 2.45) is 17.3 Å². The molecule has 1 N–H and O–H groups in total. The molecule has 1 aromatic rings. The van der Waals surface area contributed by atoms with Crippen molar-refractivity contribution in [3.8, 4) is 6.07 Å². The molecule has 1 aliphatic heterocycles. The third-order valence-electron chi connectivity index (χ3n) is 7.71. The van der Waals surface area contributed by atoms with Crippen LogP contribution >= 0.6 is 0 Å². The first kappa shape index (κ1) is 24.7. The van der Waals surface area contributed by atoms with Crippen molar-refractivity contribution in [3.63, 3.8) is 0 Å². The molecule has 2 saturated carbocycles. The van der Waals surface area contributed by atoms with Crippen LogP contribution in [0.15, 0.2) is 30.3 Å². The summed E-state index contributed by atoms with van der Waals surface area (Å²) in [5, 5.41) is 13.4. The lowest BCUT2D eigenvalue weighted by molar-refractivity contribution is -0.137. The zero-order chi connectivity index (χ0) is 23.8. The van der Waals surface area contributed by atoms with Gasteiger partial charge < -0.3 is 19.7 Å². The van der Waals surface area contributed by atoms with E-state index in [1.807, 2.05) is 30.3 Å². The van der Waals surface area contributed by atoms with Gasteiger partial charge in [0.15, 0.2) is 0 Å². The topological polar surface area (TPSA) is 91.7 Å². The number of hydrogen-bond donors (Lipinski definition) is 1. The van der Waals surface area contributed by atoms with Gasteiger partial charge >= 0.3 is 0 Å². The van der Waals surface area contributed by atoms with Crippen LogP contribution in [-0.2, 0) is 25.7 Å². The molecule has 0 radical (unpaired) electrons. The van der Waals surface area contributed by atoms with Crippen molar-refractivity contribution in [3.05, 3.63) is 35.9 Å². The summed E-state index contributed by atoms with van der Waals surface area (Å²) < 4.78 is 11.3. The molecule has 1 saturated heterocycles. The van der Waals surface area contributed by atoms with E-state index >= 15 is 0 Å². The van der Waals surface area contributed by atoms with Crippen LogP contribution < -0.4 is 5.32 Å². The molecule has 4 rings (SSSR count). The first-order chi connectivity index (χ1) is 16.6. The summed E-state index contributed by atoms with van der Waals surface area (Å²) in [6.07, 6.45) is 6.70. The van der Waals surface area contributed by atoms with Gasteiger partial charge in [-0.1, -0.05) is 49.6 Å². The Labute approximate surface area is 202 Å². The van der Waals surface area contributed by atoms with Gasteiger partial charge in [0.1, 0.15) is 0 Å². The third kappa shape index (κ3) is 6.17. The average molecular weight is 468 g/mol. The summed E-state index contributed by atoms with van der Waals surface area (Å²) in [5.74, 6) is 0.318. The lowest BCUT2D eigenvalue weighted by Crippen LogP contribution is -2.48. The molecule has 2 amide bonds. The number of amides is 2. The van der Waals surface area contributed by atoms with Crippen LogP contribution in [0.4, 0.5) is 0 Å². The van der Waals surface area contributed by atoms with Gasteiger partial charge in [0, 0.05) is 31.8 Å². The van der Waals surface area contributed by atoms with Crippen molar-refractivity contribution in [2.45, 2.75) is 64.0 Å². The fourth-order valence-corrected chi connectivity index (χ4v) is 5.61. The van der Waals surface area contributed by atoms with Crippen LogP contribution in [0.25, 0.3) is 0 Å². The fraction of sp³-hybridized carbons (Fsp3) is 0.667. The van der Waals surface area contributed by atoms with Gasteiger partial charge in [-0.25, -0.2) is 0 Å². The Bertz CT molecular complexity index is 858. The van der Waals surface area contributed by atoms with Crippen molar-refractivity contribution >= 4 is 11.8 Å². The minimum absolute atomic E-state index is 0.00118. The van der Waals surface area contributed by atoms with Gasteiger partial charge in [-0.3, -0.25) is 9.59 Å². The summed E-state index contributed by atoms with van der Waals surface area (Å²) in [5.41, 5.74) is 0.551. The maximum Gasteiger partial charge on any atom is 0.223 e. The Morgan fingerprint density at radius 1 is 1.15 bits per heavy atom. The van der Waals surface area contributed by atoms with Gasteiger partial charge in [-0.05, 0) is 30.7 Å². The summed E-state index contributed by atoms with van der Waals surface area (Å²) in [4.78, 5) is 27.2. The fourth-order valence-electron chi connectivity index (χ4n) is 5.61. The highest BCUT2D eigenvalue weighted by molar-refractivity contribution is 5.84. The number of carbonyl (C=O) groups excluding carboxylic acids is 2. The number of rotatable bonds is 10. The van der Waals surface area contributed by atoms with E-state index in [1.165, 1.54) is 6.42 Å². The average Bonchev–Trinajstić information content (AvgIpc) is 3.61. The van der Waals surface area contributed by atoms with Gasteiger partial charge in [0.25, 0.3) is 0 Å². The largest absolute Gasteiger partial charge is 0.378 e. The van der Waals surface area contributed by atoms with E-state index in [-0.39, 0.29) is 36.6 Å². The smallest absolute Gasteiger partial charge is 0.223 e. The van der Waals surface area contributed by atoms with E-state index in [2.05, 4.69) is 11.4 Å². The first-order valence-corrected chi connectivity index (χ1v) is 12.8. The van der Waals surface area contributed by atoms with E-state index in [0.717, 1.165) is 37.7 Å². The molecule has 184 valence electrons. The Balaban J connectivity index is 1.33. The molecule has 0 bridgehead atoms. The predicted molar refractivity (Wildman–Crippen MR) is 127 cm³/mol. The molecule has 3 atom stereocenters. The Kier molecular flexibility index (Phi) is 8.58. The van der Waals surface area contributed by atoms with E-state index in [9.17, 15) is 14.9 Å². The molecule has 7 heteroatoms. The summed E-state index contributed by atoms with van der Waals surface area (Å²) >= 11 is 0. The molecule has 2 aliphatic carbocycles. The highest BCUT2D eigenvalue weighted by Crippen LogP contribution is 2.57. The summed E-state index contributed by atoms with van der Waals surface area (Å²) in [6.45, 7) is 3.35. The molecule has 0 aromatic heterocycles. The zero-order valence-corrected chi connectivity index (χ0v) is 20.0. The summed E-state index contributed by atoms with van der Waals surface area (Å²) in [6, 6.07) is 12.5. The lowest BCUT2D eigenvalue weighted by Gasteiger charge is -2.35. The van der Waals surface area contributed by atoms with Crippen LogP contribution in [0, 0.1) is 28.6 Å². The second-order valence-electron chi connectivity index (χ2n) is 9.99. The molecule has 1 heterocycles. The molecule has 3 fully saturated rings. The number of nitrogens with one attached hydrogen (secondary N) is 1. The molecular formula is C27H37N3O4. The number of morpholine rings is 1. The van der Waals surface area contributed by atoms with Crippen LogP contribution in [0.2, 0.25) is 0 Å². The number of nitriles is 1. The zero-order valence-electron chi connectivity index (χ0n) is 20.0. The number of carbonyl (C=O) groups is 2. The molecule has 34 heavy (non-hydrogen) atoms. The van der Waals surface area contributed by atoms with Crippen LogP contribution in [-0.4, -0.2) is 55.7 Å². The van der Waals surface area contributed by atoms with Crippen molar-refractivity contribution < 1.29 is 19.1 Å². The van der Waals surface area contributed by atoms with Crippen LogP contribution in [0.1, 0.15) is 56.9 Å². The van der Waals surface area contributed by atoms with E-state index in [1.54, 1.807) is 4.90 Å². The van der Waals surface area contributed by atoms with Crippen LogP contribution in [0.5, 0.6) is 0 Å². The van der Waals surface area contributed by atoms with Crippen molar-refractivity contribution in [2.75, 3.05) is 32.9 Å². The standard InChI is InChI=1S/C27H37N3O4/c28-20-27(17-23(27)19-34-18-21-7-3-1-4-8-21)26(22-9-5-2-6-10-22)29-24(31)11-12-25(32)30-13-15-33-16-14-30/h1,3-4,7-8,22-23,26H,2,5-6,9-19H2,(H,29,31). The highest BCUT2D eigenvalue weighted by Gasteiger charge is 2.61. The normalized spacial score (nSPS) is 25.9. The van der Waals surface area contributed by atoms with Gasteiger partial charge in [-0.15, -0.1) is 0 Å². The molecule has 0 spiro atoms. The third-order valence-corrected chi connectivity index (χ3v) is 7.71. The number of ether oxygens (including phenoxy) is 2. The SMILES string of the molecule is N#CC1(C(NC(=O)CCC(=O)N2CCOCC2)C2CCCCC2)CC1COCc1ccccc1. The van der Waals surface area contributed by atoms with Crippen molar-refractivity contribution in [1.82, 2.24) is 10.2 Å². The first-order valence-electron chi connectivity index (χ1n) is 12.8. The van der Waals surface area contributed by atoms with Crippen molar-refractivity contribution in [1.29, 1.82) is 5.26 Å². The molecular weight excluding hydrogens is 430 g/mol. The second-order valence-corrected chi connectivity index (χ2v) is 9.99. The minimum Gasteiger partial charge on any atom is -0.378 e. The molecule has 7 nitrogen and oxygen atoms in total. The van der Waals surface area contributed by atoms with E-state index in [4.69, 9.17) is 9.47 Å². The number of nitrogens with zero attached hydrogens (tertiary/aromatic N) is 2. The monoisotopic (exact) mass is 467 g/mol. The molecule has 3 unspecified atom stereocenters. The van der Waals surface area contributed by atoms with Gasteiger partial charge in [0.05, 0.1) is 44.0 Å². The second kappa shape index (κ2) is 11.8. The lowest BCUT2D eigenvalue weighted by atomic mass is 9.76. The predicted octanol–water partition coefficient (Wildman–Crippen LogP) is 3.44. The van der Waals surface area contributed by atoms with Gasteiger partial charge in [0.2, 0.25) is 11.8 Å². The quantitative estimate of drug-likeness (QED) is 0.569. The number of benzene rings is 1. The number of hydrogen-bond acceptors (Lipinski definition) is 5. The maximum absolute atomic E-state index is 12.9. The highest BCUT2D eigenvalue weighted by atomic mass is 16.5. The molecule has 3 aliphatic rings. The van der Waals surface area contributed by atoms with Crippen LogP contribution in [0.3, 0.4) is 0 Å². The molecule has 1 aromatic carbocycles. The van der Waals surface area contributed by atoms with Gasteiger partial charge in [-0.2, -0.15) is 5.26 Å². The Hall–Kier alpha value is -2.43. The Morgan fingerprint density at radius 3 is 2.59 bits per heavy atom.